The Labute approximate surface area is 185 Å². The van der Waals surface area contributed by atoms with Gasteiger partial charge in [-0.05, 0) is 41.3 Å². The molecule has 7 nitrogen and oxygen atoms in total. The van der Waals surface area contributed by atoms with Crippen molar-refractivity contribution in [3.8, 4) is 5.75 Å². The van der Waals surface area contributed by atoms with E-state index in [2.05, 4.69) is 0 Å². The number of aliphatic hydroxyl groups excluding tert-OH is 4. The summed E-state index contributed by atoms with van der Waals surface area (Å²) in [5.41, 5.74) is 2.42. The smallest absolute Gasteiger partial charge is 0.124 e. The Morgan fingerprint density at radius 1 is 1.03 bits per heavy atom. The molecule has 168 valence electrons. The molecule has 4 N–H and O–H groups in total. The van der Waals surface area contributed by atoms with E-state index >= 15 is 0 Å². The lowest BCUT2D eigenvalue weighted by molar-refractivity contribution is -0.231. The molecule has 2 aliphatic heterocycles. The van der Waals surface area contributed by atoms with E-state index in [0.29, 0.717) is 30.2 Å². The second-order valence-corrected chi connectivity index (χ2v) is 8.44. The van der Waals surface area contributed by atoms with E-state index < -0.39 is 37.1 Å². The molecule has 8 heteroatoms. The lowest BCUT2D eigenvalue weighted by Crippen LogP contribution is -2.55. The molecule has 2 aromatic rings. The highest BCUT2D eigenvalue weighted by Gasteiger charge is 2.44. The van der Waals surface area contributed by atoms with Crippen LogP contribution in [0.4, 0.5) is 0 Å². The van der Waals surface area contributed by atoms with Crippen LogP contribution in [0.3, 0.4) is 0 Å². The summed E-state index contributed by atoms with van der Waals surface area (Å²) in [5, 5.41) is 40.5. The van der Waals surface area contributed by atoms with Crippen LogP contribution >= 0.6 is 11.6 Å². The topological polar surface area (TPSA) is 109 Å². The molecule has 2 heterocycles. The van der Waals surface area contributed by atoms with Crippen molar-refractivity contribution in [3.05, 3.63) is 64.2 Å². The van der Waals surface area contributed by atoms with Crippen molar-refractivity contribution in [1.29, 1.82) is 0 Å². The quantitative estimate of drug-likeness (QED) is 0.529. The third-order valence-corrected chi connectivity index (χ3v) is 6.14. The highest BCUT2D eigenvalue weighted by atomic mass is 35.5. The molecular formula is C23H27ClO7. The van der Waals surface area contributed by atoms with Gasteiger partial charge in [-0.15, -0.1) is 0 Å². The maximum Gasteiger partial charge on any atom is 0.124 e. The number of hydrogen-bond donors (Lipinski definition) is 4. The molecule has 31 heavy (non-hydrogen) atoms. The summed E-state index contributed by atoms with van der Waals surface area (Å²) < 4.78 is 17.0. The molecule has 0 amide bonds. The predicted molar refractivity (Wildman–Crippen MR) is 113 cm³/mol. The summed E-state index contributed by atoms with van der Waals surface area (Å²) in [6, 6.07) is 13.0. The Balaban J connectivity index is 1.53. The van der Waals surface area contributed by atoms with Crippen molar-refractivity contribution >= 4 is 11.6 Å². The first-order chi connectivity index (χ1) is 15.0. The fourth-order valence-corrected chi connectivity index (χ4v) is 4.22. The Morgan fingerprint density at radius 2 is 1.87 bits per heavy atom. The zero-order valence-corrected chi connectivity index (χ0v) is 17.7. The van der Waals surface area contributed by atoms with E-state index in [1.807, 2.05) is 30.3 Å². The monoisotopic (exact) mass is 450 g/mol. The van der Waals surface area contributed by atoms with Gasteiger partial charge in [-0.3, -0.25) is 0 Å². The van der Waals surface area contributed by atoms with Crippen LogP contribution in [0, 0.1) is 0 Å². The molecule has 4 rings (SSSR count). The normalized spacial score (nSPS) is 31.0. The van der Waals surface area contributed by atoms with Crippen molar-refractivity contribution in [2.75, 3.05) is 19.8 Å². The maximum atomic E-state index is 10.4. The predicted octanol–water partition coefficient (Wildman–Crippen LogP) is 1.61. The lowest BCUT2D eigenvalue weighted by Gasteiger charge is -2.40. The Bertz CT molecular complexity index is 884. The minimum Gasteiger partial charge on any atom is -0.488 e. The standard InChI is InChI=1S/C23H27ClO7/c24-18-5-4-14(23-22(28)21(27)20(26)19(11-25)31-23)10-15(18)8-13-2-1-3-16(9-13)30-17-6-7-29-12-17/h1-5,9-10,17,19-23,25-28H,6-8,11-12H2/t17-,19+,20+,21-,22+,23-/m0/s1. The lowest BCUT2D eigenvalue weighted by atomic mass is 9.90. The first kappa shape index (κ1) is 22.5. The summed E-state index contributed by atoms with van der Waals surface area (Å²) in [6.45, 7) is 0.836. The minimum absolute atomic E-state index is 0.0633. The molecule has 2 aliphatic rings. The van der Waals surface area contributed by atoms with Crippen LogP contribution in [0.2, 0.25) is 5.02 Å². The van der Waals surface area contributed by atoms with Crippen LogP contribution in [0.5, 0.6) is 5.75 Å². The summed E-state index contributed by atoms with van der Waals surface area (Å²) in [6.07, 6.45) is -4.55. The number of benzene rings is 2. The van der Waals surface area contributed by atoms with Crippen molar-refractivity contribution in [3.63, 3.8) is 0 Å². The highest BCUT2D eigenvalue weighted by molar-refractivity contribution is 6.31. The van der Waals surface area contributed by atoms with Crippen LogP contribution in [0.25, 0.3) is 0 Å². The molecule has 2 aromatic carbocycles. The van der Waals surface area contributed by atoms with Crippen molar-refractivity contribution in [2.24, 2.45) is 0 Å². The average Bonchev–Trinajstić information content (AvgIpc) is 3.27. The van der Waals surface area contributed by atoms with Crippen molar-refractivity contribution < 1.29 is 34.6 Å². The summed E-state index contributed by atoms with van der Waals surface area (Å²) >= 11 is 6.43. The van der Waals surface area contributed by atoms with Gasteiger partial charge in [0.1, 0.15) is 42.4 Å². The number of halogens is 1. The van der Waals surface area contributed by atoms with E-state index in [9.17, 15) is 20.4 Å². The number of aliphatic hydroxyl groups is 4. The third kappa shape index (κ3) is 5.04. The molecular weight excluding hydrogens is 424 g/mol. The van der Waals surface area contributed by atoms with Crippen LogP contribution in [-0.4, -0.2) is 70.8 Å². The first-order valence-electron chi connectivity index (χ1n) is 10.4. The van der Waals surface area contributed by atoms with Gasteiger partial charge >= 0.3 is 0 Å². The van der Waals surface area contributed by atoms with Crippen LogP contribution in [0.1, 0.15) is 29.2 Å². The van der Waals surface area contributed by atoms with Gasteiger partial charge in [0.05, 0.1) is 19.8 Å². The maximum absolute atomic E-state index is 10.4. The number of rotatable bonds is 6. The SMILES string of the molecule is OC[C@H]1O[C@@H](c2ccc(Cl)c(Cc3cccc(O[C@H]4CCOC4)c3)c2)[C@H](O)[C@@H](O)[C@@H]1O. The molecule has 2 saturated heterocycles. The molecule has 0 spiro atoms. The third-order valence-electron chi connectivity index (χ3n) is 5.77. The largest absolute Gasteiger partial charge is 0.488 e. The van der Waals surface area contributed by atoms with E-state index in [4.69, 9.17) is 25.8 Å². The van der Waals surface area contributed by atoms with Gasteiger partial charge < -0.3 is 34.6 Å². The second kappa shape index (κ2) is 9.83. The van der Waals surface area contributed by atoms with E-state index in [0.717, 1.165) is 23.3 Å². The average molecular weight is 451 g/mol. The van der Waals surface area contributed by atoms with Crippen LogP contribution in [0.15, 0.2) is 42.5 Å². The fourth-order valence-electron chi connectivity index (χ4n) is 4.03. The number of ether oxygens (including phenoxy) is 3. The highest BCUT2D eigenvalue weighted by Crippen LogP contribution is 2.34. The molecule has 0 aliphatic carbocycles. The van der Waals surface area contributed by atoms with Gasteiger partial charge in [-0.2, -0.15) is 0 Å². The van der Waals surface area contributed by atoms with Gasteiger partial charge in [0, 0.05) is 11.4 Å². The molecule has 6 atom stereocenters. The Morgan fingerprint density at radius 3 is 2.61 bits per heavy atom. The Kier molecular flexibility index (Phi) is 7.13. The molecule has 0 radical (unpaired) electrons. The molecule has 0 saturated carbocycles. The molecule has 0 bridgehead atoms. The van der Waals surface area contributed by atoms with Gasteiger partial charge in [0.15, 0.2) is 0 Å². The second-order valence-electron chi connectivity index (χ2n) is 8.03. The summed E-state index contributed by atoms with van der Waals surface area (Å²) in [7, 11) is 0. The minimum atomic E-state index is -1.43. The summed E-state index contributed by atoms with van der Waals surface area (Å²) in [4.78, 5) is 0. The summed E-state index contributed by atoms with van der Waals surface area (Å²) in [5.74, 6) is 0.772. The van der Waals surface area contributed by atoms with Crippen LogP contribution in [-0.2, 0) is 15.9 Å². The van der Waals surface area contributed by atoms with Gasteiger partial charge in [0.25, 0.3) is 0 Å². The Hall–Kier alpha value is -1.71. The van der Waals surface area contributed by atoms with Crippen molar-refractivity contribution in [2.45, 2.75) is 49.5 Å². The number of hydrogen-bond acceptors (Lipinski definition) is 7. The van der Waals surface area contributed by atoms with Gasteiger partial charge in [-0.25, -0.2) is 0 Å². The zero-order valence-electron chi connectivity index (χ0n) is 16.9. The molecule has 2 fully saturated rings. The first-order valence-corrected chi connectivity index (χ1v) is 10.8. The van der Waals surface area contributed by atoms with Crippen molar-refractivity contribution in [1.82, 2.24) is 0 Å². The van der Waals surface area contributed by atoms with Crippen LogP contribution < -0.4 is 4.74 Å². The molecule has 0 aromatic heterocycles. The van der Waals surface area contributed by atoms with Gasteiger partial charge in [-0.1, -0.05) is 35.9 Å². The fraction of sp³-hybridized carbons (Fsp3) is 0.478. The molecule has 0 unspecified atom stereocenters. The van der Waals surface area contributed by atoms with E-state index in [-0.39, 0.29) is 6.10 Å². The van der Waals surface area contributed by atoms with E-state index in [1.54, 1.807) is 12.1 Å². The van der Waals surface area contributed by atoms with E-state index in [1.165, 1.54) is 0 Å². The van der Waals surface area contributed by atoms with Gasteiger partial charge in [0.2, 0.25) is 0 Å². The zero-order chi connectivity index (χ0) is 22.0.